The largest absolute Gasteiger partial charge is 0.348 e. The Kier molecular flexibility index (Phi) is 4.12. The van der Waals surface area contributed by atoms with Gasteiger partial charge in [-0.3, -0.25) is 4.79 Å². The van der Waals surface area contributed by atoms with Crippen molar-refractivity contribution in [2.75, 3.05) is 6.54 Å². The third-order valence-electron chi connectivity index (χ3n) is 2.71. The van der Waals surface area contributed by atoms with Gasteiger partial charge in [0.25, 0.3) is 5.91 Å². The molecule has 2 rings (SSSR count). The first-order valence-corrected chi connectivity index (χ1v) is 6.87. The van der Waals surface area contributed by atoms with E-state index in [-0.39, 0.29) is 5.91 Å². The number of aryl methyl sites for hydroxylation is 2. The lowest BCUT2D eigenvalue weighted by molar-refractivity contribution is 0.0961. The number of aromatic nitrogens is 1. The number of carbonyl (C=O) groups excluding carboxylic acids is 1. The molecule has 0 fully saturated rings. The molecule has 1 N–H and O–H groups in total. The lowest BCUT2D eigenvalue weighted by Crippen LogP contribution is -2.22. The third kappa shape index (κ3) is 3.09. The molecule has 2 aromatic rings. The van der Waals surface area contributed by atoms with Crippen LogP contribution in [0.2, 0.25) is 0 Å². The number of hydrogen-bond acceptors (Lipinski definition) is 3. The van der Waals surface area contributed by atoms with Crippen LogP contribution >= 0.6 is 11.3 Å². The molecular weight excluding hydrogens is 256 g/mol. The van der Waals surface area contributed by atoms with E-state index in [0.29, 0.717) is 11.4 Å². The maximum Gasteiger partial charge on any atom is 0.263 e. The summed E-state index contributed by atoms with van der Waals surface area (Å²) in [5.41, 5.74) is 3.02. The van der Waals surface area contributed by atoms with Crippen LogP contribution < -0.4 is 5.32 Å². The smallest absolute Gasteiger partial charge is 0.263 e. The van der Waals surface area contributed by atoms with Crippen molar-refractivity contribution in [3.05, 3.63) is 53.1 Å². The minimum atomic E-state index is -0.0896. The Bertz CT molecular complexity index is 599. The highest BCUT2D eigenvalue weighted by atomic mass is 32.1. The van der Waals surface area contributed by atoms with Gasteiger partial charge in [-0.05, 0) is 13.8 Å². The average Bonchev–Trinajstić information content (AvgIpc) is 2.79. The summed E-state index contributed by atoms with van der Waals surface area (Å²) in [5.74, 6) is -0.0896. The molecule has 3 nitrogen and oxygen atoms in total. The van der Waals surface area contributed by atoms with Crippen molar-refractivity contribution in [1.29, 1.82) is 0 Å². The number of nitrogens with one attached hydrogen (secondary N) is 1. The lowest BCUT2D eigenvalue weighted by Gasteiger charge is -1.99. The molecule has 0 saturated carbocycles. The summed E-state index contributed by atoms with van der Waals surface area (Å²) in [4.78, 5) is 17.1. The van der Waals surface area contributed by atoms with Crippen LogP contribution in [-0.2, 0) is 0 Å². The molecule has 1 aromatic carbocycles. The van der Waals surface area contributed by atoms with E-state index in [2.05, 4.69) is 16.9 Å². The van der Waals surface area contributed by atoms with Crippen molar-refractivity contribution >= 4 is 17.2 Å². The van der Waals surface area contributed by atoms with Crippen molar-refractivity contribution in [3.63, 3.8) is 0 Å². The van der Waals surface area contributed by atoms with E-state index < -0.39 is 0 Å². The summed E-state index contributed by atoms with van der Waals surface area (Å²) in [7, 11) is 0. The molecule has 0 saturated heterocycles. The second kappa shape index (κ2) is 5.80. The second-order valence-corrected chi connectivity index (χ2v) is 5.30. The molecule has 0 atom stereocenters. The van der Waals surface area contributed by atoms with Crippen molar-refractivity contribution in [2.45, 2.75) is 13.8 Å². The van der Waals surface area contributed by atoms with Crippen LogP contribution in [0.5, 0.6) is 0 Å². The zero-order valence-corrected chi connectivity index (χ0v) is 11.9. The average molecular weight is 272 g/mol. The summed E-state index contributed by atoms with van der Waals surface area (Å²) in [6, 6.07) is 8.14. The predicted molar refractivity (Wildman–Crippen MR) is 79.6 cm³/mol. The number of carbonyl (C=O) groups is 1. The van der Waals surface area contributed by atoms with Crippen LogP contribution in [0.4, 0.5) is 0 Å². The number of hydrogen-bond donors (Lipinski definition) is 1. The van der Waals surface area contributed by atoms with Gasteiger partial charge in [0.15, 0.2) is 0 Å². The topological polar surface area (TPSA) is 42.0 Å². The summed E-state index contributed by atoms with van der Waals surface area (Å²) >= 11 is 1.42. The number of amides is 1. The van der Waals surface area contributed by atoms with Crippen LogP contribution in [0.3, 0.4) is 0 Å². The van der Waals surface area contributed by atoms with Crippen molar-refractivity contribution in [1.82, 2.24) is 10.3 Å². The van der Waals surface area contributed by atoms with Crippen LogP contribution in [-0.4, -0.2) is 17.4 Å². The summed E-state index contributed by atoms with van der Waals surface area (Å²) < 4.78 is 0. The van der Waals surface area contributed by atoms with Crippen LogP contribution in [0.25, 0.3) is 10.6 Å². The highest BCUT2D eigenvalue weighted by Crippen LogP contribution is 2.27. The lowest BCUT2D eigenvalue weighted by atomic mass is 10.2. The van der Waals surface area contributed by atoms with Crippen LogP contribution in [0, 0.1) is 13.8 Å². The van der Waals surface area contributed by atoms with E-state index in [4.69, 9.17) is 0 Å². The van der Waals surface area contributed by atoms with E-state index in [1.807, 2.05) is 38.1 Å². The fourth-order valence-corrected chi connectivity index (χ4v) is 2.66. The maximum absolute atomic E-state index is 11.9. The van der Waals surface area contributed by atoms with Gasteiger partial charge >= 0.3 is 0 Å². The number of nitrogens with zero attached hydrogens (tertiary/aromatic N) is 1. The highest BCUT2D eigenvalue weighted by Gasteiger charge is 2.15. The SMILES string of the molecule is C=CCNC(=O)c1sc(-c2ccc(C)cc2)nc1C. The van der Waals surface area contributed by atoms with Crippen molar-refractivity contribution in [2.24, 2.45) is 0 Å². The second-order valence-electron chi connectivity index (χ2n) is 4.30. The third-order valence-corrected chi connectivity index (χ3v) is 3.91. The Hall–Kier alpha value is -1.94. The molecular formula is C15H16N2OS. The van der Waals surface area contributed by atoms with Gasteiger partial charge < -0.3 is 5.32 Å². The van der Waals surface area contributed by atoms with Crippen LogP contribution in [0.15, 0.2) is 36.9 Å². The van der Waals surface area contributed by atoms with Gasteiger partial charge in [-0.1, -0.05) is 35.9 Å². The number of thiazole rings is 1. The standard InChI is InChI=1S/C15H16N2OS/c1-4-9-16-14(18)13-11(3)17-15(19-13)12-7-5-10(2)6-8-12/h4-8H,1,9H2,2-3H3,(H,16,18). The van der Waals surface area contributed by atoms with E-state index in [0.717, 1.165) is 16.3 Å². The van der Waals surface area contributed by atoms with Crippen molar-refractivity contribution < 1.29 is 4.79 Å². The van der Waals surface area contributed by atoms with Crippen molar-refractivity contribution in [3.8, 4) is 10.6 Å². The first kappa shape index (κ1) is 13.5. The van der Waals surface area contributed by atoms with Gasteiger partial charge in [0.05, 0.1) is 5.69 Å². The minimum absolute atomic E-state index is 0.0896. The van der Waals surface area contributed by atoms with E-state index >= 15 is 0 Å². The molecule has 0 unspecified atom stereocenters. The Morgan fingerprint density at radius 1 is 1.37 bits per heavy atom. The fourth-order valence-electron chi connectivity index (χ4n) is 1.67. The number of rotatable bonds is 4. The molecule has 0 bridgehead atoms. The quantitative estimate of drug-likeness (QED) is 0.867. The molecule has 4 heteroatoms. The Labute approximate surface area is 117 Å². The molecule has 0 radical (unpaired) electrons. The molecule has 0 aliphatic heterocycles. The first-order valence-electron chi connectivity index (χ1n) is 6.05. The van der Waals surface area contributed by atoms with Gasteiger partial charge in [-0.15, -0.1) is 17.9 Å². The molecule has 1 aromatic heterocycles. The molecule has 98 valence electrons. The van der Waals surface area contributed by atoms with Gasteiger partial charge in [-0.25, -0.2) is 4.98 Å². The Balaban J connectivity index is 2.27. The maximum atomic E-state index is 11.9. The van der Waals surface area contributed by atoms with Gasteiger partial charge in [0.1, 0.15) is 9.88 Å². The predicted octanol–water partition coefficient (Wildman–Crippen LogP) is 3.34. The summed E-state index contributed by atoms with van der Waals surface area (Å²) in [5, 5.41) is 3.65. The number of benzene rings is 1. The normalized spacial score (nSPS) is 10.2. The zero-order valence-electron chi connectivity index (χ0n) is 11.1. The van der Waals surface area contributed by atoms with Gasteiger partial charge in [0.2, 0.25) is 0 Å². The minimum Gasteiger partial charge on any atom is -0.348 e. The molecule has 1 amide bonds. The van der Waals surface area contributed by atoms with Gasteiger partial charge in [0, 0.05) is 12.1 Å². The van der Waals surface area contributed by atoms with E-state index in [1.54, 1.807) is 6.08 Å². The molecule has 0 spiro atoms. The molecule has 1 heterocycles. The summed E-state index contributed by atoms with van der Waals surface area (Å²) in [6.45, 7) is 7.96. The highest BCUT2D eigenvalue weighted by molar-refractivity contribution is 7.17. The fraction of sp³-hybridized carbons (Fsp3) is 0.200. The van der Waals surface area contributed by atoms with Crippen LogP contribution in [0.1, 0.15) is 20.9 Å². The van der Waals surface area contributed by atoms with E-state index in [1.165, 1.54) is 16.9 Å². The summed E-state index contributed by atoms with van der Waals surface area (Å²) in [6.07, 6.45) is 1.66. The Morgan fingerprint density at radius 2 is 2.05 bits per heavy atom. The monoisotopic (exact) mass is 272 g/mol. The van der Waals surface area contributed by atoms with E-state index in [9.17, 15) is 4.79 Å². The molecule has 0 aliphatic rings. The zero-order chi connectivity index (χ0) is 13.8. The first-order chi connectivity index (χ1) is 9.11. The molecule has 0 aliphatic carbocycles. The Morgan fingerprint density at radius 3 is 2.68 bits per heavy atom. The van der Waals surface area contributed by atoms with Gasteiger partial charge in [-0.2, -0.15) is 0 Å². The molecule has 19 heavy (non-hydrogen) atoms.